The molecule has 0 aliphatic rings. The maximum atomic E-state index is 11.2. The minimum atomic E-state index is 0.643. The molecule has 1 heterocycles. The minimum Gasteiger partial charge on any atom is -0.342 e. The number of fused-ring (bicyclic) bond motifs is 1. The van der Waals surface area contributed by atoms with Crippen molar-refractivity contribution in [3.05, 3.63) is 71.4 Å². The second kappa shape index (κ2) is 5.02. The van der Waals surface area contributed by atoms with Crippen molar-refractivity contribution in [2.45, 2.75) is 6.54 Å². The van der Waals surface area contributed by atoms with Crippen LogP contribution in [0.2, 0.25) is 0 Å². The van der Waals surface area contributed by atoms with Gasteiger partial charge in [-0.15, -0.1) is 0 Å². The van der Waals surface area contributed by atoms with E-state index in [1.807, 2.05) is 53.2 Å². The first-order valence-corrected chi connectivity index (χ1v) is 6.34. The zero-order valence-electron chi connectivity index (χ0n) is 10.8. The van der Waals surface area contributed by atoms with Gasteiger partial charge in [0, 0.05) is 23.7 Å². The Labute approximate surface area is 116 Å². The predicted octanol–water partition coefficient (Wildman–Crippen LogP) is 3.37. The van der Waals surface area contributed by atoms with Gasteiger partial charge in [-0.05, 0) is 29.8 Å². The third-order valence-corrected chi connectivity index (χ3v) is 3.36. The highest BCUT2D eigenvalue weighted by Gasteiger charge is 2.06. The summed E-state index contributed by atoms with van der Waals surface area (Å²) in [5.41, 5.74) is 3.31. The highest BCUT2D eigenvalue weighted by Crippen LogP contribution is 2.20. The fourth-order valence-corrected chi connectivity index (χ4v) is 2.45. The molecule has 0 unspecified atom stereocenters. The van der Waals surface area contributed by atoms with Crippen molar-refractivity contribution in [3.63, 3.8) is 0 Å². The maximum absolute atomic E-state index is 11.2. The van der Waals surface area contributed by atoms with E-state index in [9.17, 15) is 4.79 Å². The average molecular weight is 260 g/mol. The van der Waals surface area contributed by atoms with Gasteiger partial charge in [0.25, 0.3) is 0 Å². The van der Waals surface area contributed by atoms with Crippen LogP contribution in [0.4, 0.5) is 0 Å². The molecule has 0 fully saturated rings. The molecule has 0 saturated carbocycles. The largest absolute Gasteiger partial charge is 0.342 e. The molecule has 0 bridgehead atoms. The van der Waals surface area contributed by atoms with Crippen molar-refractivity contribution < 1.29 is 4.79 Å². The number of nitrogens with zero attached hydrogens (tertiary/aromatic N) is 2. The zero-order valence-corrected chi connectivity index (χ0v) is 10.8. The van der Waals surface area contributed by atoms with Crippen LogP contribution >= 0.6 is 0 Å². The minimum absolute atomic E-state index is 0.643. The number of aromatic nitrogens is 1. The molecular formula is C17H12N2O. The molecule has 1 aromatic heterocycles. The molecule has 3 aromatic rings. The lowest BCUT2D eigenvalue weighted by atomic mass is 10.1. The standard InChI is InChI=1S/C17H12N2O/c18-10-13-3-1-4-14(9-13)11-19-8-7-15-5-2-6-16(12-20)17(15)19/h1-9,12H,11H2. The molecule has 3 rings (SSSR count). The third-order valence-electron chi connectivity index (χ3n) is 3.36. The second-order valence-corrected chi connectivity index (χ2v) is 4.66. The molecule has 0 N–H and O–H groups in total. The quantitative estimate of drug-likeness (QED) is 0.678. The number of aldehydes is 1. The van der Waals surface area contributed by atoms with Crippen LogP contribution in [0.1, 0.15) is 21.5 Å². The monoisotopic (exact) mass is 260 g/mol. The van der Waals surface area contributed by atoms with Crippen LogP contribution in [0.15, 0.2) is 54.7 Å². The van der Waals surface area contributed by atoms with Crippen LogP contribution in [-0.2, 0) is 6.54 Å². The van der Waals surface area contributed by atoms with Crippen LogP contribution in [0.5, 0.6) is 0 Å². The highest BCUT2D eigenvalue weighted by molar-refractivity contribution is 5.96. The van der Waals surface area contributed by atoms with E-state index in [1.54, 1.807) is 6.07 Å². The lowest BCUT2D eigenvalue weighted by Crippen LogP contribution is -2.00. The lowest BCUT2D eigenvalue weighted by Gasteiger charge is -2.07. The molecule has 0 amide bonds. The summed E-state index contributed by atoms with van der Waals surface area (Å²) in [6.45, 7) is 0.643. The number of rotatable bonds is 3. The molecule has 0 aliphatic heterocycles. The van der Waals surface area contributed by atoms with E-state index in [2.05, 4.69) is 6.07 Å². The number of carbonyl (C=O) groups excluding carboxylic acids is 1. The molecule has 2 aromatic carbocycles. The van der Waals surface area contributed by atoms with Gasteiger partial charge in [-0.1, -0.05) is 24.3 Å². The van der Waals surface area contributed by atoms with Crippen molar-refractivity contribution in [1.82, 2.24) is 4.57 Å². The van der Waals surface area contributed by atoms with E-state index in [4.69, 9.17) is 5.26 Å². The normalized spacial score (nSPS) is 10.3. The van der Waals surface area contributed by atoms with E-state index in [0.717, 1.165) is 22.8 Å². The number of hydrogen-bond acceptors (Lipinski definition) is 2. The molecule has 96 valence electrons. The third kappa shape index (κ3) is 2.08. The van der Waals surface area contributed by atoms with Gasteiger partial charge in [0.2, 0.25) is 0 Å². The summed E-state index contributed by atoms with van der Waals surface area (Å²) >= 11 is 0. The molecular weight excluding hydrogens is 248 g/mol. The summed E-state index contributed by atoms with van der Waals surface area (Å²) < 4.78 is 2.04. The maximum Gasteiger partial charge on any atom is 0.152 e. The van der Waals surface area contributed by atoms with Crippen LogP contribution in [-0.4, -0.2) is 10.9 Å². The van der Waals surface area contributed by atoms with Gasteiger partial charge in [0.05, 0.1) is 17.1 Å². The van der Waals surface area contributed by atoms with Crippen molar-refractivity contribution in [2.24, 2.45) is 0 Å². The molecule has 0 radical (unpaired) electrons. The summed E-state index contributed by atoms with van der Waals surface area (Å²) in [5, 5.41) is 9.99. The van der Waals surface area contributed by atoms with E-state index >= 15 is 0 Å². The van der Waals surface area contributed by atoms with Crippen LogP contribution in [0.25, 0.3) is 10.9 Å². The number of carbonyl (C=O) groups is 1. The van der Waals surface area contributed by atoms with Gasteiger partial charge in [0.15, 0.2) is 6.29 Å². The van der Waals surface area contributed by atoms with Crippen molar-refractivity contribution >= 4 is 17.2 Å². The molecule has 3 nitrogen and oxygen atoms in total. The zero-order chi connectivity index (χ0) is 13.9. The molecule has 0 aliphatic carbocycles. The van der Waals surface area contributed by atoms with Crippen molar-refractivity contribution in [1.29, 1.82) is 5.26 Å². The Bertz CT molecular complexity index is 824. The van der Waals surface area contributed by atoms with Gasteiger partial charge in [-0.25, -0.2) is 0 Å². The first kappa shape index (κ1) is 12.2. The molecule has 20 heavy (non-hydrogen) atoms. The van der Waals surface area contributed by atoms with Gasteiger partial charge < -0.3 is 4.57 Å². The number of hydrogen-bond donors (Lipinski definition) is 0. The van der Waals surface area contributed by atoms with E-state index in [-0.39, 0.29) is 0 Å². The van der Waals surface area contributed by atoms with Crippen LogP contribution < -0.4 is 0 Å². The SMILES string of the molecule is N#Cc1cccc(Cn2ccc3cccc(C=O)c32)c1. The predicted molar refractivity (Wildman–Crippen MR) is 77.6 cm³/mol. The van der Waals surface area contributed by atoms with E-state index in [1.165, 1.54) is 0 Å². The number of nitriles is 1. The van der Waals surface area contributed by atoms with Gasteiger partial charge in [-0.2, -0.15) is 5.26 Å². The van der Waals surface area contributed by atoms with Crippen molar-refractivity contribution in [3.8, 4) is 6.07 Å². The molecule has 0 saturated heterocycles. The Morgan fingerprint density at radius 2 is 2.00 bits per heavy atom. The Hall–Kier alpha value is -2.86. The first-order chi connectivity index (χ1) is 9.81. The van der Waals surface area contributed by atoms with Crippen LogP contribution in [0, 0.1) is 11.3 Å². The smallest absolute Gasteiger partial charge is 0.152 e. The fraction of sp³-hybridized carbons (Fsp3) is 0.0588. The Kier molecular flexibility index (Phi) is 3.06. The summed E-state index contributed by atoms with van der Waals surface area (Å²) in [5.74, 6) is 0. The summed E-state index contributed by atoms with van der Waals surface area (Å²) in [7, 11) is 0. The van der Waals surface area contributed by atoms with E-state index in [0.29, 0.717) is 17.7 Å². The average Bonchev–Trinajstić information content (AvgIpc) is 2.90. The Morgan fingerprint density at radius 1 is 1.15 bits per heavy atom. The topological polar surface area (TPSA) is 45.8 Å². The fourth-order valence-electron chi connectivity index (χ4n) is 2.45. The molecule has 3 heteroatoms. The van der Waals surface area contributed by atoms with Gasteiger partial charge in [-0.3, -0.25) is 4.79 Å². The summed E-state index contributed by atoms with van der Waals surface area (Å²) in [6, 6.07) is 17.3. The Balaban J connectivity index is 2.07. The number of para-hydroxylation sites is 1. The first-order valence-electron chi connectivity index (χ1n) is 6.34. The van der Waals surface area contributed by atoms with Gasteiger partial charge in [0.1, 0.15) is 0 Å². The van der Waals surface area contributed by atoms with Crippen LogP contribution in [0.3, 0.4) is 0 Å². The lowest BCUT2D eigenvalue weighted by molar-refractivity contribution is 0.112. The van der Waals surface area contributed by atoms with Gasteiger partial charge >= 0.3 is 0 Å². The second-order valence-electron chi connectivity index (χ2n) is 4.66. The Morgan fingerprint density at radius 3 is 2.80 bits per heavy atom. The van der Waals surface area contributed by atoms with E-state index < -0.39 is 0 Å². The summed E-state index contributed by atoms with van der Waals surface area (Å²) in [6.07, 6.45) is 2.85. The molecule has 0 atom stereocenters. The highest BCUT2D eigenvalue weighted by atomic mass is 16.1. The summed E-state index contributed by atoms with van der Waals surface area (Å²) in [4.78, 5) is 11.2. The molecule has 0 spiro atoms. The van der Waals surface area contributed by atoms with Crippen molar-refractivity contribution in [2.75, 3.05) is 0 Å². The number of benzene rings is 2.